The van der Waals surface area contributed by atoms with E-state index in [0.29, 0.717) is 12.8 Å². The molecule has 0 aromatic carbocycles. The van der Waals surface area contributed by atoms with Crippen LogP contribution in [-0.4, -0.2) is 35.2 Å². The van der Waals surface area contributed by atoms with E-state index in [4.69, 9.17) is 14.6 Å². The van der Waals surface area contributed by atoms with Crippen LogP contribution in [0.2, 0.25) is 0 Å². The third-order valence-corrected chi connectivity index (χ3v) is 2.04. The molecule has 0 radical (unpaired) electrons. The van der Waals surface area contributed by atoms with Crippen molar-refractivity contribution >= 4 is 17.9 Å². The van der Waals surface area contributed by atoms with Gasteiger partial charge in [-0.05, 0) is 20.3 Å². The Labute approximate surface area is 106 Å². The molecule has 0 spiro atoms. The fourth-order valence-electron chi connectivity index (χ4n) is 1.32. The Morgan fingerprint density at radius 1 is 1.00 bits per heavy atom. The highest BCUT2D eigenvalue weighted by Crippen LogP contribution is 2.06. The molecule has 6 heteroatoms. The molecule has 0 saturated carbocycles. The summed E-state index contributed by atoms with van der Waals surface area (Å²) in [4.78, 5) is 32.9. The van der Waals surface area contributed by atoms with Crippen LogP contribution in [-0.2, 0) is 23.9 Å². The van der Waals surface area contributed by atoms with Gasteiger partial charge in [-0.1, -0.05) is 6.92 Å². The Kier molecular flexibility index (Phi) is 7.74. The van der Waals surface area contributed by atoms with Crippen molar-refractivity contribution in [3.8, 4) is 0 Å². The molecule has 2 atom stereocenters. The number of carboxylic acids is 1. The molecular formula is C12H20O6. The number of rotatable bonds is 8. The zero-order valence-electron chi connectivity index (χ0n) is 11.0. The molecule has 0 fully saturated rings. The van der Waals surface area contributed by atoms with E-state index in [1.54, 1.807) is 6.92 Å². The predicted octanol–water partition coefficient (Wildman–Crippen LogP) is 1.51. The van der Waals surface area contributed by atoms with Gasteiger partial charge in [-0.3, -0.25) is 14.4 Å². The van der Waals surface area contributed by atoms with E-state index in [2.05, 4.69) is 0 Å². The molecule has 0 aliphatic heterocycles. The van der Waals surface area contributed by atoms with Gasteiger partial charge in [0.2, 0.25) is 0 Å². The molecule has 18 heavy (non-hydrogen) atoms. The Hall–Kier alpha value is -1.59. The van der Waals surface area contributed by atoms with E-state index < -0.39 is 24.1 Å². The Morgan fingerprint density at radius 2 is 1.50 bits per heavy atom. The van der Waals surface area contributed by atoms with Crippen LogP contribution in [0.15, 0.2) is 0 Å². The largest absolute Gasteiger partial charge is 0.481 e. The Balaban J connectivity index is 3.93. The molecule has 0 heterocycles. The second-order valence-electron chi connectivity index (χ2n) is 4.15. The third-order valence-electron chi connectivity index (χ3n) is 2.04. The summed E-state index contributed by atoms with van der Waals surface area (Å²) in [6, 6.07) is 0. The van der Waals surface area contributed by atoms with Crippen LogP contribution in [0.3, 0.4) is 0 Å². The van der Waals surface area contributed by atoms with Crippen LogP contribution in [0.25, 0.3) is 0 Å². The molecule has 0 aliphatic carbocycles. The lowest BCUT2D eigenvalue weighted by Gasteiger charge is -2.15. The minimum atomic E-state index is -1.03. The Bertz CT molecular complexity index is 299. The predicted molar refractivity (Wildman–Crippen MR) is 62.9 cm³/mol. The average Bonchev–Trinajstić information content (AvgIpc) is 2.14. The molecule has 0 aliphatic rings. The molecule has 6 nitrogen and oxygen atoms in total. The Morgan fingerprint density at radius 3 is 2.00 bits per heavy atom. The van der Waals surface area contributed by atoms with Crippen LogP contribution in [0.5, 0.6) is 0 Å². The second-order valence-corrected chi connectivity index (χ2v) is 4.15. The van der Waals surface area contributed by atoms with E-state index in [0.717, 1.165) is 0 Å². The first-order chi connectivity index (χ1) is 8.35. The van der Waals surface area contributed by atoms with E-state index >= 15 is 0 Å². The SMILES string of the molecule is CCCC(=O)O[C@H](C)CC(=O)O[C@H](C)CC(=O)O. The van der Waals surface area contributed by atoms with Gasteiger partial charge in [0, 0.05) is 6.42 Å². The minimum Gasteiger partial charge on any atom is -0.481 e. The van der Waals surface area contributed by atoms with Gasteiger partial charge in [0.1, 0.15) is 12.2 Å². The van der Waals surface area contributed by atoms with Crippen molar-refractivity contribution in [2.45, 2.75) is 58.7 Å². The fraction of sp³-hybridized carbons (Fsp3) is 0.750. The number of aliphatic carboxylic acids is 1. The molecule has 0 saturated heterocycles. The number of carbonyl (C=O) groups excluding carboxylic acids is 2. The van der Waals surface area contributed by atoms with Crippen molar-refractivity contribution in [1.29, 1.82) is 0 Å². The number of carboxylic acid groups (broad SMARTS) is 1. The first-order valence-corrected chi connectivity index (χ1v) is 5.95. The molecule has 0 aromatic rings. The van der Waals surface area contributed by atoms with Gasteiger partial charge in [0.05, 0.1) is 12.8 Å². The van der Waals surface area contributed by atoms with Crippen molar-refractivity contribution in [2.75, 3.05) is 0 Å². The quantitative estimate of drug-likeness (QED) is 0.665. The van der Waals surface area contributed by atoms with Crippen LogP contribution in [0.1, 0.15) is 46.5 Å². The lowest BCUT2D eigenvalue weighted by atomic mass is 10.2. The molecule has 0 bridgehead atoms. The van der Waals surface area contributed by atoms with Gasteiger partial charge in [0.25, 0.3) is 0 Å². The normalized spacial score (nSPS) is 13.5. The molecule has 104 valence electrons. The number of ether oxygens (including phenoxy) is 2. The minimum absolute atomic E-state index is 0.0700. The van der Waals surface area contributed by atoms with Gasteiger partial charge in [-0.2, -0.15) is 0 Å². The standard InChI is InChI=1S/C12H20O6/c1-4-5-11(15)17-9(3)7-12(16)18-8(2)6-10(13)14/h8-9H,4-7H2,1-3H3,(H,13,14)/t8-,9-/m1/s1. The maximum absolute atomic E-state index is 11.4. The zero-order chi connectivity index (χ0) is 14.1. The maximum atomic E-state index is 11.4. The lowest BCUT2D eigenvalue weighted by Crippen LogP contribution is -2.23. The van der Waals surface area contributed by atoms with Gasteiger partial charge in [0.15, 0.2) is 0 Å². The first-order valence-electron chi connectivity index (χ1n) is 5.95. The number of hydrogen-bond acceptors (Lipinski definition) is 5. The summed E-state index contributed by atoms with van der Waals surface area (Å²) in [7, 11) is 0. The van der Waals surface area contributed by atoms with Crippen LogP contribution in [0, 0.1) is 0 Å². The van der Waals surface area contributed by atoms with Gasteiger partial charge >= 0.3 is 17.9 Å². The van der Waals surface area contributed by atoms with E-state index in [1.807, 2.05) is 6.92 Å². The smallest absolute Gasteiger partial charge is 0.309 e. The zero-order valence-corrected chi connectivity index (χ0v) is 11.0. The highest BCUT2D eigenvalue weighted by Gasteiger charge is 2.17. The third kappa shape index (κ3) is 8.55. The molecule has 0 aromatic heterocycles. The van der Waals surface area contributed by atoms with Crippen molar-refractivity contribution in [3.05, 3.63) is 0 Å². The number of esters is 2. The number of carbonyl (C=O) groups is 3. The van der Waals surface area contributed by atoms with E-state index in [1.165, 1.54) is 6.92 Å². The topological polar surface area (TPSA) is 89.9 Å². The molecule has 0 rings (SSSR count). The van der Waals surface area contributed by atoms with Gasteiger partial charge in [-0.15, -0.1) is 0 Å². The summed E-state index contributed by atoms with van der Waals surface area (Å²) in [6.07, 6.45) is -0.558. The van der Waals surface area contributed by atoms with Crippen molar-refractivity contribution in [1.82, 2.24) is 0 Å². The second kappa shape index (κ2) is 8.49. The highest BCUT2D eigenvalue weighted by molar-refractivity contribution is 5.73. The monoisotopic (exact) mass is 260 g/mol. The highest BCUT2D eigenvalue weighted by atomic mass is 16.6. The first kappa shape index (κ1) is 16.4. The van der Waals surface area contributed by atoms with Crippen LogP contribution >= 0.6 is 0 Å². The van der Waals surface area contributed by atoms with Crippen molar-refractivity contribution < 1.29 is 29.0 Å². The van der Waals surface area contributed by atoms with Crippen molar-refractivity contribution in [2.24, 2.45) is 0 Å². The molecule has 1 N–H and O–H groups in total. The summed E-state index contributed by atoms with van der Waals surface area (Å²) < 4.78 is 9.83. The summed E-state index contributed by atoms with van der Waals surface area (Å²) in [5, 5.41) is 8.50. The summed E-state index contributed by atoms with van der Waals surface area (Å²) in [5.41, 5.74) is 0. The molecule has 0 unspecified atom stereocenters. The fourth-order valence-corrected chi connectivity index (χ4v) is 1.32. The average molecular weight is 260 g/mol. The van der Waals surface area contributed by atoms with Crippen molar-refractivity contribution in [3.63, 3.8) is 0 Å². The van der Waals surface area contributed by atoms with E-state index in [-0.39, 0.29) is 18.8 Å². The summed E-state index contributed by atoms with van der Waals surface area (Å²) >= 11 is 0. The van der Waals surface area contributed by atoms with Gasteiger partial charge < -0.3 is 14.6 Å². The summed E-state index contributed by atoms with van der Waals surface area (Å²) in [5.74, 6) is -1.95. The number of hydrogen-bond donors (Lipinski definition) is 1. The maximum Gasteiger partial charge on any atom is 0.309 e. The van der Waals surface area contributed by atoms with Crippen LogP contribution < -0.4 is 0 Å². The molecular weight excluding hydrogens is 240 g/mol. The van der Waals surface area contributed by atoms with Gasteiger partial charge in [-0.25, -0.2) is 0 Å². The summed E-state index contributed by atoms with van der Waals surface area (Å²) in [6.45, 7) is 4.95. The van der Waals surface area contributed by atoms with E-state index in [9.17, 15) is 14.4 Å². The lowest BCUT2D eigenvalue weighted by molar-refractivity contribution is -0.157. The molecule has 0 amide bonds. The van der Waals surface area contributed by atoms with Crippen LogP contribution in [0.4, 0.5) is 0 Å².